The summed E-state index contributed by atoms with van der Waals surface area (Å²) in [5.74, 6) is -0.876. The zero-order chi connectivity index (χ0) is 18.7. The van der Waals surface area contributed by atoms with Gasteiger partial charge in [0.2, 0.25) is 0 Å². The smallest absolute Gasteiger partial charge is 0.328 e. The van der Waals surface area contributed by atoms with E-state index in [1.807, 2.05) is 6.07 Å². The van der Waals surface area contributed by atoms with Crippen molar-refractivity contribution in [2.45, 2.75) is 25.3 Å². The highest BCUT2D eigenvalue weighted by Gasteiger charge is 2.13. The number of phenols is 1. The first-order valence-corrected chi connectivity index (χ1v) is 7.85. The summed E-state index contributed by atoms with van der Waals surface area (Å²) >= 11 is 0. The van der Waals surface area contributed by atoms with Gasteiger partial charge in [-0.1, -0.05) is 18.2 Å². The molecule has 0 aliphatic carbocycles. The molecule has 7 nitrogen and oxygen atoms in total. The van der Waals surface area contributed by atoms with Crippen LogP contribution in [0.4, 0.5) is 0 Å². The number of carbonyl (C=O) groups is 1. The Morgan fingerprint density at radius 3 is 2.72 bits per heavy atom. The summed E-state index contributed by atoms with van der Waals surface area (Å²) in [6, 6.07) is 4.48. The van der Waals surface area contributed by atoms with Gasteiger partial charge in [0.15, 0.2) is 5.96 Å². The maximum atomic E-state index is 11.2. The van der Waals surface area contributed by atoms with Crippen LogP contribution in [-0.4, -0.2) is 40.9 Å². The van der Waals surface area contributed by atoms with Gasteiger partial charge in [-0.2, -0.15) is 0 Å². The van der Waals surface area contributed by atoms with Crippen molar-refractivity contribution in [3.8, 4) is 5.75 Å². The molecule has 6 N–H and O–H groups in total. The van der Waals surface area contributed by atoms with Gasteiger partial charge < -0.3 is 21.7 Å². The van der Waals surface area contributed by atoms with Gasteiger partial charge in [0.1, 0.15) is 11.8 Å². The molecule has 0 aliphatic rings. The SMILES string of the molecule is C=CCc1ccc(/C=C/C=N[C@@H](CCCN=C(N)N)C(=O)O)c(O)c1. The van der Waals surface area contributed by atoms with E-state index in [2.05, 4.69) is 16.6 Å². The number of guanidine groups is 1. The molecule has 0 amide bonds. The van der Waals surface area contributed by atoms with Gasteiger partial charge in [-0.15, -0.1) is 6.58 Å². The van der Waals surface area contributed by atoms with E-state index < -0.39 is 12.0 Å². The number of phenolic OH excluding ortho intramolecular Hbond substituents is 1. The molecule has 1 aromatic carbocycles. The Hall–Kier alpha value is -3.09. The number of hydrogen-bond donors (Lipinski definition) is 4. The number of carboxylic acid groups (broad SMARTS) is 1. The van der Waals surface area contributed by atoms with Crippen LogP contribution >= 0.6 is 0 Å². The molecule has 134 valence electrons. The predicted octanol–water partition coefficient (Wildman–Crippen LogP) is 1.71. The van der Waals surface area contributed by atoms with E-state index in [0.717, 1.165) is 5.56 Å². The second-order valence-electron chi connectivity index (χ2n) is 5.35. The average molecular weight is 344 g/mol. The van der Waals surface area contributed by atoms with Gasteiger partial charge in [0.05, 0.1) is 0 Å². The van der Waals surface area contributed by atoms with Crippen molar-refractivity contribution >= 4 is 24.2 Å². The van der Waals surface area contributed by atoms with E-state index >= 15 is 0 Å². The number of aliphatic imine (C=N–C) groups is 2. The Labute approximate surface area is 147 Å². The summed E-state index contributed by atoms with van der Waals surface area (Å²) in [7, 11) is 0. The second kappa shape index (κ2) is 10.6. The summed E-state index contributed by atoms with van der Waals surface area (Å²) < 4.78 is 0. The number of hydrogen-bond acceptors (Lipinski definition) is 4. The number of nitrogens with two attached hydrogens (primary N) is 2. The van der Waals surface area contributed by atoms with Crippen molar-refractivity contribution in [3.05, 3.63) is 48.1 Å². The van der Waals surface area contributed by atoms with Crippen molar-refractivity contribution in [3.63, 3.8) is 0 Å². The van der Waals surface area contributed by atoms with Crippen LogP contribution in [-0.2, 0) is 11.2 Å². The lowest BCUT2D eigenvalue weighted by molar-refractivity contribution is -0.138. The van der Waals surface area contributed by atoms with Crippen LogP contribution in [0.3, 0.4) is 0 Å². The number of aliphatic carboxylic acids is 1. The average Bonchev–Trinajstić information content (AvgIpc) is 2.54. The van der Waals surface area contributed by atoms with Crippen LogP contribution in [0.15, 0.2) is 46.9 Å². The molecule has 0 bridgehead atoms. The van der Waals surface area contributed by atoms with E-state index in [9.17, 15) is 9.90 Å². The maximum absolute atomic E-state index is 11.2. The minimum Gasteiger partial charge on any atom is -0.507 e. The fraction of sp³-hybridized carbons (Fsp3) is 0.278. The van der Waals surface area contributed by atoms with Gasteiger partial charge in [-0.25, -0.2) is 4.79 Å². The van der Waals surface area contributed by atoms with Gasteiger partial charge in [0, 0.05) is 18.3 Å². The Bertz CT molecular complexity index is 677. The molecular weight excluding hydrogens is 320 g/mol. The number of rotatable bonds is 10. The second-order valence-corrected chi connectivity index (χ2v) is 5.35. The molecule has 0 fully saturated rings. The van der Waals surface area contributed by atoms with Crippen LogP contribution in [0, 0.1) is 0 Å². The summed E-state index contributed by atoms with van der Waals surface area (Å²) in [4.78, 5) is 19.0. The van der Waals surface area contributed by atoms with Crippen LogP contribution < -0.4 is 11.5 Å². The zero-order valence-electron chi connectivity index (χ0n) is 14.0. The highest BCUT2D eigenvalue weighted by molar-refractivity contribution is 5.82. The summed E-state index contributed by atoms with van der Waals surface area (Å²) in [6.45, 7) is 4.02. The first-order valence-electron chi connectivity index (χ1n) is 7.85. The lowest BCUT2D eigenvalue weighted by Crippen LogP contribution is -2.23. The van der Waals surface area contributed by atoms with E-state index in [1.54, 1.807) is 30.4 Å². The number of allylic oxidation sites excluding steroid dienone is 2. The van der Waals surface area contributed by atoms with E-state index in [0.29, 0.717) is 31.4 Å². The lowest BCUT2D eigenvalue weighted by Gasteiger charge is -2.05. The third-order valence-electron chi connectivity index (χ3n) is 3.32. The Balaban J connectivity index is 2.63. The van der Waals surface area contributed by atoms with Crippen molar-refractivity contribution in [2.75, 3.05) is 6.54 Å². The first kappa shape index (κ1) is 20.0. The van der Waals surface area contributed by atoms with Crippen molar-refractivity contribution in [2.24, 2.45) is 21.5 Å². The molecule has 0 aromatic heterocycles. The first-order chi connectivity index (χ1) is 11.9. The predicted molar refractivity (Wildman–Crippen MR) is 101 cm³/mol. The van der Waals surface area contributed by atoms with Crippen LogP contribution in [0.25, 0.3) is 6.08 Å². The summed E-state index contributed by atoms with van der Waals surface area (Å²) in [6.07, 6.45) is 7.95. The molecule has 0 saturated heterocycles. The normalized spacial score (nSPS) is 12.3. The summed E-state index contributed by atoms with van der Waals surface area (Å²) in [5, 5.41) is 19.1. The van der Waals surface area contributed by atoms with Crippen molar-refractivity contribution in [1.29, 1.82) is 0 Å². The molecule has 0 radical (unpaired) electrons. The summed E-state index contributed by atoms with van der Waals surface area (Å²) in [5.41, 5.74) is 12.0. The minimum absolute atomic E-state index is 0.0165. The molecule has 0 aliphatic heterocycles. The Kier molecular flexibility index (Phi) is 8.49. The third kappa shape index (κ3) is 7.83. The highest BCUT2D eigenvalue weighted by atomic mass is 16.4. The fourth-order valence-corrected chi connectivity index (χ4v) is 2.08. The van der Waals surface area contributed by atoms with E-state index in [1.165, 1.54) is 6.21 Å². The third-order valence-corrected chi connectivity index (χ3v) is 3.32. The fourth-order valence-electron chi connectivity index (χ4n) is 2.08. The lowest BCUT2D eigenvalue weighted by atomic mass is 10.1. The minimum atomic E-state index is -1.01. The quantitative estimate of drug-likeness (QED) is 0.222. The van der Waals surface area contributed by atoms with Crippen molar-refractivity contribution < 1.29 is 15.0 Å². The number of carboxylic acids is 1. The molecule has 0 unspecified atom stereocenters. The van der Waals surface area contributed by atoms with Gasteiger partial charge in [0.25, 0.3) is 0 Å². The molecule has 25 heavy (non-hydrogen) atoms. The van der Waals surface area contributed by atoms with E-state index in [-0.39, 0.29) is 11.7 Å². The van der Waals surface area contributed by atoms with Gasteiger partial charge in [-0.3, -0.25) is 9.98 Å². The Morgan fingerprint density at radius 1 is 1.36 bits per heavy atom. The zero-order valence-corrected chi connectivity index (χ0v) is 14.0. The van der Waals surface area contributed by atoms with Crippen LogP contribution in [0.2, 0.25) is 0 Å². The van der Waals surface area contributed by atoms with Gasteiger partial charge in [-0.05, 0) is 43.0 Å². The molecular formula is C18H24N4O3. The number of benzene rings is 1. The largest absolute Gasteiger partial charge is 0.507 e. The standard InChI is InChI=1S/C18H24N4O3/c1-2-5-13-8-9-14(16(23)12-13)6-3-10-21-15(17(24)25)7-4-11-22-18(19)20/h2-3,6,8-10,12,15,23H,1,4-5,7,11H2,(H,24,25)(H4,19,20,22)/b6-3+,21-10?/t15-/m0/s1. The molecule has 1 aromatic rings. The molecule has 0 spiro atoms. The molecule has 0 heterocycles. The molecule has 0 saturated carbocycles. The monoisotopic (exact) mass is 344 g/mol. The topological polar surface area (TPSA) is 134 Å². The number of nitrogens with zero attached hydrogens (tertiary/aromatic N) is 2. The van der Waals surface area contributed by atoms with Crippen molar-refractivity contribution in [1.82, 2.24) is 0 Å². The molecule has 7 heteroatoms. The maximum Gasteiger partial charge on any atom is 0.328 e. The van der Waals surface area contributed by atoms with Crippen LogP contribution in [0.1, 0.15) is 24.0 Å². The van der Waals surface area contributed by atoms with Crippen LogP contribution in [0.5, 0.6) is 5.75 Å². The molecule has 1 atom stereocenters. The highest BCUT2D eigenvalue weighted by Crippen LogP contribution is 2.20. The molecule has 1 rings (SSSR count). The number of aromatic hydroxyl groups is 1. The van der Waals surface area contributed by atoms with Gasteiger partial charge >= 0.3 is 5.97 Å². The van der Waals surface area contributed by atoms with E-state index in [4.69, 9.17) is 16.6 Å². The Morgan fingerprint density at radius 2 is 2.12 bits per heavy atom.